The fraction of sp³-hybridized carbons (Fsp3) is 0.917. The van der Waals surface area contributed by atoms with Gasteiger partial charge in [-0.25, -0.2) is 12.7 Å². The Morgan fingerprint density at radius 3 is 2.17 bits per heavy atom. The van der Waals surface area contributed by atoms with Gasteiger partial charge in [-0.2, -0.15) is 5.26 Å². The van der Waals surface area contributed by atoms with E-state index in [0.29, 0.717) is 25.9 Å². The Morgan fingerprint density at radius 2 is 1.83 bits per heavy atom. The lowest BCUT2D eigenvalue weighted by atomic mass is 9.99. The summed E-state index contributed by atoms with van der Waals surface area (Å²) in [6.07, 6.45) is 3.16. The highest BCUT2D eigenvalue weighted by atomic mass is 32.2. The summed E-state index contributed by atoms with van der Waals surface area (Å²) in [5.74, 6) is 0.165. The molecule has 0 saturated carbocycles. The van der Waals surface area contributed by atoms with E-state index in [1.165, 1.54) is 11.8 Å². The SMILES string of the molecule is CSC1(C#N)CCN(S(=O)(=O)CC(C)(C)C)CC1. The van der Waals surface area contributed by atoms with Crippen molar-refractivity contribution in [2.24, 2.45) is 5.41 Å². The standard InChI is InChI=1S/C12H22N2O2S2/c1-11(2,3)10-18(15,16)14-7-5-12(9-13,17-4)6-8-14/h5-8,10H2,1-4H3. The van der Waals surface area contributed by atoms with Crippen LogP contribution >= 0.6 is 11.8 Å². The van der Waals surface area contributed by atoms with E-state index in [4.69, 9.17) is 0 Å². The van der Waals surface area contributed by atoms with E-state index in [9.17, 15) is 13.7 Å². The van der Waals surface area contributed by atoms with E-state index >= 15 is 0 Å². The fourth-order valence-corrected chi connectivity index (χ4v) is 4.82. The van der Waals surface area contributed by atoms with E-state index in [2.05, 4.69) is 6.07 Å². The van der Waals surface area contributed by atoms with Crippen LogP contribution < -0.4 is 0 Å². The molecular weight excluding hydrogens is 268 g/mol. The van der Waals surface area contributed by atoms with Gasteiger partial charge in [0.2, 0.25) is 10.0 Å². The molecule has 0 unspecified atom stereocenters. The Hall–Kier alpha value is -0.250. The van der Waals surface area contributed by atoms with Gasteiger partial charge in [0.15, 0.2) is 0 Å². The lowest BCUT2D eigenvalue weighted by Gasteiger charge is -2.36. The number of rotatable bonds is 3. The van der Waals surface area contributed by atoms with Crippen molar-refractivity contribution < 1.29 is 8.42 Å². The number of thioether (sulfide) groups is 1. The van der Waals surface area contributed by atoms with Gasteiger partial charge in [-0.3, -0.25) is 0 Å². The highest BCUT2D eigenvalue weighted by molar-refractivity contribution is 8.00. The first-order chi connectivity index (χ1) is 8.14. The molecule has 1 rings (SSSR count). The van der Waals surface area contributed by atoms with Gasteiger partial charge in [-0.1, -0.05) is 20.8 Å². The van der Waals surface area contributed by atoms with Crippen molar-refractivity contribution in [1.29, 1.82) is 5.26 Å². The molecule has 0 aromatic heterocycles. The van der Waals surface area contributed by atoms with Gasteiger partial charge in [0.05, 0.1) is 11.8 Å². The molecule has 0 aliphatic carbocycles. The second-order valence-corrected chi connectivity index (χ2v) is 9.18. The van der Waals surface area contributed by atoms with Crippen LogP contribution in [-0.4, -0.2) is 42.6 Å². The zero-order chi connectivity index (χ0) is 14.0. The third-order valence-electron chi connectivity index (χ3n) is 3.13. The quantitative estimate of drug-likeness (QED) is 0.798. The largest absolute Gasteiger partial charge is 0.214 e. The van der Waals surface area contributed by atoms with Crippen LogP contribution in [0.15, 0.2) is 0 Å². The van der Waals surface area contributed by atoms with Gasteiger partial charge >= 0.3 is 0 Å². The normalized spacial score (nSPS) is 21.5. The third kappa shape index (κ3) is 3.87. The average Bonchev–Trinajstić information content (AvgIpc) is 2.26. The van der Waals surface area contributed by atoms with Crippen molar-refractivity contribution in [1.82, 2.24) is 4.31 Å². The van der Waals surface area contributed by atoms with Crippen LogP contribution in [0.2, 0.25) is 0 Å². The first-order valence-electron chi connectivity index (χ1n) is 6.08. The fourth-order valence-electron chi connectivity index (χ4n) is 2.13. The van der Waals surface area contributed by atoms with Crippen LogP contribution in [0, 0.1) is 16.7 Å². The van der Waals surface area contributed by atoms with Gasteiger partial charge in [0.1, 0.15) is 4.75 Å². The van der Waals surface area contributed by atoms with Crippen molar-refractivity contribution in [3.8, 4) is 6.07 Å². The number of piperidine rings is 1. The Balaban J connectivity index is 2.72. The molecule has 0 N–H and O–H groups in total. The molecule has 1 saturated heterocycles. The maximum atomic E-state index is 12.2. The highest BCUT2D eigenvalue weighted by Crippen LogP contribution is 2.35. The molecule has 4 nitrogen and oxygen atoms in total. The lowest BCUT2D eigenvalue weighted by molar-refractivity contribution is 0.320. The van der Waals surface area contributed by atoms with E-state index in [0.717, 1.165) is 0 Å². The van der Waals surface area contributed by atoms with Crippen LogP contribution in [0.5, 0.6) is 0 Å². The molecule has 1 aliphatic heterocycles. The summed E-state index contributed by atoms with van der Waals surface area (Å²) in [5, 5.41) is 9.18. The highest BCUT2D eigenvalue weighted by Gasteiger charge is 2.38. The van der Waals surface area contributed by atoms with Gasteiger partial charge in [-0.15, -0.1) is 11.8 Å². The van der Waals surface area contributed by atoms with Crippen LogP contribution in [0.25, 0.3) is 0 Å². The zero-order valence-electron chi connectivity index (χ0n) is 11.6. The lowest BCUT2D eigenvalue weighted by Crippen LogP contribution is -2.46. The molecule has 1 aliphatic rings. The minimum atomic E-state index is -3.19. The maximum absolute atomic E-state index is 12.2. The van der Waals surface area contributed by atoms with Crippen molar-refractivity contribution in [3.05, 3.63) is 0 Å². The molecule has 0 bridgehead atoms. The Labute approximate surface area is 115 Å². The first-order valence-corrected chi connectivity index (χ1v) is 8.92. The minimum absolute atomic E-state index is 0.165. The minimum Gasteiger partial charge on any atom is -0.212 e. The second-order valence-electron chi connectivity index (χ2n) is 6.03. The maximum Gasteiger partial charge on any atom is 0.214 e. The molecule has 6 heteroatoms. The molecular formula is C12H22N2O2S2. The third-order valence-corrected chi connectivity index (χ3v) is 6.80. The molecule has 0 amide bonds. The molecule has 18 heavy (non-hydrogen) atoms. The van der Waals surface area contributed by atoms with Gasteiger partial charge in [-0.05, 0) is 24.5 Å². The summed E-state index contributed by atoms with van der Waals surface area (Å²) >= 11 is 1.54. The van der Waals surface area contributed by atoms with Crippen LogP contribution in [0.1, 0.15) is 33.6 Å². The Kier molecular flexibility index (Phi) is 4.74. The van der Waals surface area contributed by atoms with E-state index in [1.807, 2.05) is 27.0 Å². The molecule has 104 valence electrons. The summed E-state index contributed by atoms with van der Waals surface area (Å²) in [6, 6.07) is 2.33. The van der Waals surface area contributed by atoms with Gasteiger partial charge in [0.25, 0.3) is 0 Å². The van der Waals surface area contributed by atoms with Crippen molar-refractivity contribution in [2.45, 2.75) is 38.4 Å². The van der Waals surface area contributed by atoms with Crippen molar-refractivity contribution in [2.75, 3.05) is 25.1 Å². The van der Waals surface area contributed by atoms with Gasteiger partial charge < -0.3 is 0 Å². The molecule has 0 radical (unpaired) electrons. The molecule has 1 fully saturated rings. The summed E-state index contributed by atoms with van der Waals surface area (Å²) in [4.78, 5) is 0. The topological polar surface area (TPSA) is 61.2 Å². The van der Waals surface area contributed by atoms with E-state index < -0.39 is 14.8 Å². The second kappa shape index (κ2) is 5.40. The first kappa shape index (κ1) is 15.8. The number of hydrogen-bond donors (Lipinski definition) is 0. The summed E-state index contributed by atoms with van der Waals surface area (Å²) < 4.78 is 25.6. The molecule has 1 heterocycles. The number of sulfonamides is 1. The smallest absolute Gasteiger partial charge is 0.212 e. The predicted molar refractivity (Wildman–Crippen MR) is 75.9 cm³/mol. The Morgan fingerprint density at radius 1 is 1.33 bits per heavy atom. The van der Waals surface area contributed by atoms with Gasteiger partial charge in [0, 0.05) is 13.1 Å². The summed E-state index contributed by atoms with van der Waals surface area (Å²) in [6.45, 7) is 6.71. The number of hydrogen-bond acceptors (Lipinski definition) is 4. The van der Waals surface area contributed by atoms with E-state index in [1.54, 1.807) is 4.31 Å². The Bertz CT molecular complexity index is 424. The molecule has 0 spiro atoms. The number of nitrogens with zero attached hydrogens (tertiary/aromatic N) is 2. The van der Waals surface area contributed by atoms with Crippen molar-refractivity contribution >= 4 is 21.8 Å². The van der Waals surface area contributed by atoms with Crippen LogP contribution in [-0.2, 0) is 10.0 Å². The number of nitriles is 1. The van der Waals surface area contributed by atoms with E-state index in [-0.39, 0.29) is 11.2 Å². The molecule has 0 aromatic rings. The summed E-state index contributed by atoms with van der Waals surface area (Å²) in [7, 11) is -3.19. The zero-order valence-corrected chi connectivity index (χ0v) is 13.2. The van der Waals surface area contributed by atoms with Crippen LogP contribution in [0.3, 0.4) is 0 Å². The molecule has 0 aromatic carbocycles. The van der Waals surface area contributed by atoms with Crippen LogP contribution in [0.4, 0.5) is 0 Å². The molecule has 0 atom stereocenters. The summed E-state index contributed by atoms with van der Waals surface area (Å²) in [5.41, 5.74) is -0.234. The predicted octanol–water partition coefficient (Wildman–Crippen LogP) is 2.08. The average molecular weight is 290 g/mol. The van der Waals surface area contributed by atoms with Crippen molar-refractivity contribution in [3.63, 3.8) is 0 Å². The monoisotopic (exact) mass is 290 g/mol.